The molecule has 0 aliphatic carbocycles. The highest BCUT2D eigenvalue weighted by atomic mass is 16.6. The van der Waals surface area contributed by atoms with Crippen LogP contribution in [0.5, 0.6) is 0 Å². The van der Waals surface area contributed by atoms with Gasteiger partial charge in [-0.3, -0.25) is 10.1 Å². The molecule has 0 saturated heterocycles. The van der Waals surface area contributed by atoms with Crippen molar-refractivity contribution >= 4 is 23.7 Å². The van der Waals surface area contributed by atoms with Crippen molar-refractivity contribution in [2.75, 3.05) is 13.2 Å². The molecule has 0 heterocycles. The summed E-state index contributed by atoms with van der Waals surface area (Å²) in [4.78, 5) is 32.6. The average molecular weight is 305 g/mol. The predicted molar refractivity (Wildman–Crippen MR) is 78.9 cm³/mol. The Morgan fingerprint density at radius 2 is 2.00 bits per heavy atom. The number of carbonyl (C=O) groups excluding carboxylic acids is 2. The van der Waals surface area contributed by atoms with Gasteiger partial charge in [0.2, 0.25) is 0 Å². The molecular formula is C15H15NO6. The van der Waals surface area contributed by atoms with Crippen LogP contribution in [0.2, 0.25) is 0 Å². The van der Waals surface area contributed by atoms with Gasteiger partial charge in [0.05, 0.1) is 4.92 Å². The van der Waals surface area contributed by atoms with Crippen molar-refractivity contribution in [2.24, 2.45) is 0 Å². The topological polar surface area (TPSA) is 95.7 Å². The molecule has 0 bridgehead atoms. The number of esters is 2. The molecule has 0 saturated carbocycles. The molecule has 22 heavy (non-hydrogen) atoms. The smallest absolute Gasteiger partial charge is 0.333 e. The number of hydrogen-bond donors (Lipinski definition) is 0. The third-order valence-corrected chi connectivity index (χ3v) is 2.40. The van der Waals surface area contributed by atoms with E-state index in [0.29, 0.717) is 5.56 Å². The third kappa shape index (κ3) is 6.00. The summed E-state index contributed by atoms with van der Waals surface area (Å²) in [5.41, 5.74) is 0.693. The van der Waals surface area contributed by atoms with E-state index in [9.17, 15) is 19.7 Å². The largest absolute Gasteiger partial charge is 0.459 e. The van der Waals surface area contributed by atoms with E-state index in [2.05, 4.69) is 6.58 Å². The predicted octanol–water partition coefficient (Wildman–Crippen LogP) is 2.27. The molecule has 0 amide bonds. The van der Waals surface area contributed by atoms with Gasteiger partial charge in [-0.15, -0.1) is 0 Å². The summed E-state index contributed by atoms with van der Waals surface area (Å²) >= 11 is 0. The van der Waals surface area contributed by atoms with Crippen LogP contribution in [0, 0.1) is 10.1 Å². The second-order valence-corrected chi connectivity index (χ2v) is 4.27. The fourth-order valence-corrected chi connectivity index (χ4v) is 1.35. The van der Waals surface area contributed by atoms with Crippen molar-refractivity contribution in [2.45, 2.75) is 6.92 Å². The maximum Gasteiger partial charge on any atom is 0.333 e. The van der Waals surface area contributed by atoms with Crippen LogP contribution in [-0.4, -0.2) is 30.1 Å². The average Bonchev–Trinajstić information content (AvgIpc) is 2.49. The Morgan fingerprint density at radius 3 is 2.64 bits per heavy atom. The highest BCUT2D eigenvalue weighted by Crippen LogP contribution is 2.14. The molecule has 0 spiro atoms. The molecule has 0 aliphatic heterocycles. The van der Waals surface area contributed by atoms with Crippen LogP contribution in [0.3, 0.4) is 0 Å². The van der Waals surface area contributed by atoms with Crippen LogP contribution in [0.25, 0.3) is 6.08 Å². The third-order valence-electron chi connectivity index (χ3n) is 2.40. The number of nitro groups is 1. The molecule has 1 aromatic rings. The summed E-state index contributed by atoms with van der Waals surface area (Å²) < 4.78 is 9.55. The first-order chi connectivity index (χ1) is 10.4. The van der Waals surface area contributed by atoms with E-state index in [1.165, 1.54) is 31.2 Å². The number of non-ortho nitro benzene ring substituents is 1. The van der Waals surface area contributed by atoms with Crippen LogP contribution < -0.4 is 0 Å². The summed E-state index contributed by atoms with van der Waals surface area (Å²) in [7, 11) is 0. The number of rotatable bonds is 7. The molecule has 0 atom stereocenters. The molecule has 1 rings (SSSR count). The number of nitro benzene ring substituents is 1. The van der Waals surface area contributed by atoms with Gasteiger partial charge in [-0.05, 0) is 18.6 Å². The fourth-order valence-electron chi connectivity index (χ4n) is 1.35. The summed E-state index contributed by atoms with van der Waals surface area (Å²) in [6.45, 7) is 4.77. The highest BCUT2D eigenvalue weighted by Gasteiger charge is 2.05. The lowest BCUT2D eigenvalue weighted by Gasteiger charge is -2.04. The van der Waals surface area contributed by atoms with Crippen LogP contribution in [0.1, 0.15) is 12.5 Å². The zero-order valence-corrected chi connectivity index (χ0v) is 12.0. The van der Waals surface area contributed by atoms with E-state index in [1.807, 2.05) is 0 Å². The number of nitrogens with zero attached hydrogens (tertiary/aromatic N) is 1. The van der Waals surface area contributed by atoms with Gasteiger partial charge in [0.1, 0.15) is 13.2 Å². The van der Waals surface area contributed by atoms with Gasteiger partial charge in [0.25, 0.3) is 5.69 Å². The molecule has 0 aromatic heterocycles. The molecule has 0 aliphatic rings. The van der Waals surface area contributed by atoms with Crippen molar-refractivity contribution in [3.63, 3.8) is 0 Å². The first-order valence-electron chi connectivity index (χ1n) is 6.32. The SMILES string of the molecule is C=C(C)C(=O)OCCOC(=O)/C=C/c1cccc([N+](=O)[O-])c1. The van der Waals surface area contributed by atoms with E-state index >= 15 is 0 Å². The van der Waals surface area contributed by atoms with E-state index in [0.717, 1.165) is 6.08 Å². The lowest BCUT2D eigenvalue weighted by atomic mass is 10.2. The minimum absolute atomic E-state index is 0.0674. The number of ether oxygens (including phenoxy) is 2. The summed E-state index contributed by atoms with van der Waals surface area (Å²) in [6.07, 6.45) is 2.54. The van der Waals surface area contributed by atoms with E-state index in [1.54, 1.807) is 6.07 Å². The highest BCUT2D eigenvalue weighted by molar-refractivity contribution is 5.87. The molecule has 116 valence electrons. The van der Waals surface area contributed by atoms with Crippen molar-refractivity contribution < 1.29 is 24.0 Å². The van der Waals surface area contributed by atoms with E-state index in [-0.39, 0.29) is 24.5 Å². The van der Waals surface area contributed by atoms with Crippen molar-refractivity contribution in [1.82, 2.24) is 0 Å². The van der Waals surface area contributed by atoms with E-state index < -0.39 is 16.9 Å². The zero-order valence-electron chi connectivity index (χ0n) is 12.0. The Bertz CT molecular complexity index is 620. The zero-order chi connectivity index (χ0) is 16.5. The van der Waals surface area contributed by atoms with Gasteiger partial charge in [-0.25, -0.2) is 9.59 Å². The van der Waals surface area contributed by atoms with Gasteiger partial charge in [-0.2, -0.15) is 0 Å². The first kappa shape index (κ1) is 17.1. The van der Waals surface area contributed by atoms with Crippen molar-refractivity contribution in [3.8, 4) is 0 Å². The molecule has 0 N–H and O–H groups in total. The maximum atomic E-state index is 11.4. The molecule has 7 nitrogen and oxygen atoms in total. The lowest BCUT2D eigenvalue weighted by molar-refractivity contribution is -0.384. The molecule has 0 fully saturated rings. The maximum absolute atomic E-state index is 11.4. The lowest BCUT2D eigenvalue weighted by Crippen LogP contribution is -2.12. The Kier molecular flexibility index (Phi) is 6.49. The minimum atomic E-state index is -0.641. The molecule has 0 unspecified atom stereocenters. The fraction of sp³-hybridized carbons (Fsp3) is 0.200. The molecule has 0 radical (unpaired) electrons. The summed E-state index contributed by atoms with van der Waals surface area (Å²) in [5.74, 6) is -1.19. The van der Waals surface area contributed by atoms with Crippen LogP contribution in [-0.2, 0) is 19.1 Å². The van der Waals surface area contributed by atoms with Gasteiger partial charge < -0.3 is 9.47 Å². The van der Waals surface area contributed by atoms with Gasteiger partial charge in [0.15, 0.2) is 0 Å². The second kappa shape index (κ2) is 8.35. The standard InChI is InChI=1S/C15H15NO6/c1-11(2)15(18)22-9-8-21-14(17)7-6-12-4-3-5-13(10-12)16(19)20/h3-7,10H,1,8-9H2,2H3/b7-6+. The number of benzene rings is 1. The monoisotopic (exact) mass is 305 g/mol. The Balaban J connectivity index is 2.41. The Hall–Kier alpha value is -2.96. The second-order valence-electron chi connectivity index (χ2n) is 4.27. The summed E-state index contributed by atoms with van der Waals surface area (Å²) in [5, 5.41) is 10.6. The normalized spacial score (nSPS) is 10.2. The van der Waals surface area contributed by atoms with Crippen LogP contribution >= 0.6 is 0 Å². The van der Waals surface area contributed by atoms with Gasteiger partial charge in [0, 0.05) is 23.8 Å². The molecular weight excluding hydrogens is 290 g/mol. The molecule has 1 aromatic carbocycles. The Morgan fingerprint density at radius 1 is 1.32 bits per heavy atom. The van der Waals surface area contributed by atoms with E-state index in [4.69, 9.17) is 9.47 Å². The van der Waals surface area contributed by atoms with Gasteiger partial charge in [-0.1, -0.05) is 18.7 Å². The van der Waals surface area contributed by atoms with Crippen molar-refractivity contribution in [1.29, 1.82) is 0 Å². The molecule has 7 heteroatoms. The minimum Gasteiger partial charge on any atom is -0.459 e. The Labute approximate surface area is 127 Å². The van der Waals surface area contributed by atoms with Crippen LogP contribution in [0.15, 0.2) is 42.5 Å². The van der Waals surface area contributed by atoms with Crippen LogP contribution in [0.4, 0.5) is 5.69 Å². The summed E-state index contributed by atoms with van der Waals surface area (Å²) in [6, 6.07) is 5.82. The number of carbonyl (C=O) groups is 2. The van der Waals surface area contributed by atoms with Gasteiger partial charge >= 0.3 is 11.9 Å². The number of hydrogen-bond acceptors (Lipinski definition) is 6. The van der Waals surface area contributed by atoms with Crippen molar-refractivity contribution in [3.05, 3.63) is 58.2 Å². The quantitative estimate of drug-likeness (QED) is 0.252. The first-order valence-corrected chi connectivity index (χ1v) is 6.32.